The van der Waals surface area contributed by atoms with Crippen LogP contribution in [0.15, 0.2) is 43.0 Å². The molecule has 2 N–H and O–H groups in total. The van der Waals surface area contributed by atoms with E-state index in [4.69, 9.17) is 5.73 Å². The molecule has 1 unspecified atom stereocenters. The minimum atomic E-state index is 0.112. The Labute approximate surface area is 124 Å². The minimum absolute atomic E-state index is 0.112. The van der Waals surface area contributed by atoms with E-state index in [1.54, 1.807) is 12.5 Å². The number of hydrogen-bond acceptors (Lipinski definition) is 3. The van der Waals surface area contributed by atoms with E-state index in [-0.39, 0.29) is 11.9 Å². The Balaban J connectivity index is 1.72. The highest BCUT2D eigenvalue weighted by molar-refractivity contribution is 5.94. The second kappa shape index (κ2) is 6.10. The molecule has 2 aromatic rings. The molecule has 3 rings (SSSR count). The van der Waals surface area contributed by atoms with Crippen molar-refractivity contribution in [3.8, 4) is 0 Å². The van der Waals surface area contributed by atoms with Gasteiger partial charge < -0.3 is 15.2 Å². The Morgan fingerprint density at radius 3 is 2.81 bits per heavy atom. The molecule has 5 nitrogen and oxygen atoms in total. The normalized spacial score (nSPS) is 18.1. The van der Waals surface area contributed by atoms with Gasteiger partial charge >= 0.3 is 0 Å². The number of imidazole rings is 1. The van der Waals surface area contributed by atoms with Crippen LogP contribution >= 0.6 is 0 Å². The minimum Gasteiger partial charge on any atom is -0.335 e. The number of benzene rings is 1. The zero-order valence-corrected chi connectivity index (χ0v) is 12.0. The zero-order valence-electron chi connectivity index (χ0n) is 12.0. The van der Waals surface area contributed by atoms with Crippen molar-refractivity contribution in [1.82, 2.24) is 14.5 Å². The lowest BCUT2D eigenvalue weighted by Gasteiger charge is -2.25. The third-order valence-electron chi connectivity index (χ3n) is 4.06. The van der Waals surface area contributed by atoms with Crippen molar-refractivity contribution < 1.29 is 4.79 Å². The van der Waals surface area contributed by atoms with Crippen LogP contribution in [-0.4, -0.2) is 32.9 Å². The first kappa shape index (κ1) is 13.8. The number of amides is 1. The van der Waals surface area contributed by atoms with Gasteiger partial charge in [-0.05, 0) is 30.5 Å². The van der Waals surface area contributed by atoms with Gasteiger partial charge in [0.05, 0.1) is 6.33 Å². The summed E-state index contributed by atoms with van der Waals surface area (Å²) in [4.78, 5) is 18.7. The predicted octanol–water partition coefficient (Wildman–Crippen LogP) is 1.65. The molecule has 1 aliphatic rings. The van der Waals surface area contributed by atoms with Crippen molar-refractivity contribution in [3.63, 3.8) is 0 Å². The van der Waals surface area contributed by atoms with Crippen molar-refractivity contribution >= 4 is 5.91 Å². The number of aromatic nitrogens is 2. The maximum atomic E-state index is 12.7. The van der Waals surface area contributed by atoms with Crippen LogP contribution in [0.1, 0.15) is 28.8 Å². The summed E-state index contributed by atoms with van der Waals surface area (Å²) in [6.45, 7) is 2.14. The van der Waals surface area contributed by atoms with Crippen LogP contribution in [0, 0.1) is 0 Å². The van der Waals surface area contributed by atoms with Gasteiger partial charge in [0, 0.05) is 43.6 Å². The van der Waals surface area contributed by atoms with Gasteiger partial charge in [-0.25, -0.2) is 4.98 Å². The largest absolute Gasteiger partial charge is 0.335 e. The van der Waals surface area contributed by atoms with Crippen molar-refractivity contribution in [2.75, 3.05) is 6.54 Å². The number of carbonyl (C=O) groups is 1. The first-order chi connectivity index (χ1) is 10.3. The number of nitrogens with two attached hydrogens (primary N) is 1. The van der Waals surface area contributed by atoms with Gasteiger partial charge in [-0.15, -0.1) is 0 Å². The smallest absolute Gasteiger partial charge is 0.254 e. The maximum absolute atomic E-state index is 12.7. The summed E-state index contributed by atoms with van der Waals surface area (Å²) >= 11 is 0. The highest BCUT2D eigenvalue weighted by Crippen LogP contribution is 2.21. The lowest BCUT2D eigenvalue weighted by molar-refractivity contribution is 0.0724. The quantitative estimate of drug-likeness (QED) is 0.928. The monoisotopic (exact) mass is 284 g/mol. The molecule has 0 saturated carbocycles. The first-order valence-corrected chi connectivity index (χ1v) is 7.33. The molecular formula is C16H20N4O. The summed E-state index contributed by atoms with van der Waals surface area (Å²) in [6, 6.07) is 7.84. The van der Waals surface area contributed by atoms with Crippen LogP contribution in [0.2, 0.25) is 0 Å². The number of rotatable bonds is 4. The van der Waals surface area contributed by atoms with Crippen molar-refractivity contribution in [2.45, 2.75) is 32.0 Å². The molecule has 1 saturated heterocycles. The standard InChI is InChI=1S/C16H20N4O/c17-10-13-3-5-14(6-4-13)16(21)20-8-1-2-15(20)11-19-9-7-18-12-19/h3-7,9,12,15H,1-2,8,10-11,17H2. The summed E-state index contributed by atoms with van der Waals surface area (Å²) in [5.74, 6) is 0.112. The topological polar surface area (TPSA) is 64.2 Å². The molecule has 1 fully saturated rings. The average Bonchev–Trinajstić information content (AvgIpc) is 3.19. The predicted molar refractivity (Wildman–Crippen MR) is 80.6 cm³/mol. The van der Waals surface area contributed by atoms with Gasteiger partial charge in [0.15, 0.2) is 0 Å². The lowest BCUT2D eigenvalue weighted by Crippen LogP contribution is -2.37. The van der Waals surface area contributed by atoms with Crippen LogP contribution in [0.5, 0.6) is 0 Å². The highest BCUT2D eigenvalue weighted by Gasteiger charge is 2.29. The van der Waals surface area contributed by atoms with E-state index in [1.807, 2.05) is 39.9 Å². The Morgan fingerprint density at radius 2 is 2.14 bits per heavy atom. The summed E-state index contributed by atoms with van der Waals surface area (Å²) < 4.78 is 2.04. The third kappa shape index (κ3) is 2.97. The third-order valence-corrected chi connectivity index (χ3v) is 4.06. The van der Waals surface area contributed by atoms with Gasteiger partial charge in [0.25, 0.3) is 5.91 Å². The Morgan fingerprint density at radius 1 is 1.33 bits per heavy atom. The summed E-state index contributed by atoms with van der Waals surface area (Å²) in [5.41, 5.74) is 7.38. The molecular weight excluding hydrogens is 264 g/mol. The number of hydrogen-bond donors (Lipinski definition) is 1. The molecule has 1 aliphatic heterocycles. The number of likely N-dealkylation sites (tertiary alicyclic amines) is 1. The van der Waals surface area contributed by atoms with Crippen LogP contribution in [-0.2, 0) is 13.1 Å². The molecule has 0 spiro atoms. The number of carbonyl (C=O) groups excluding carboxylic acids is 1. The van der Waals surface area contributed by atoms with Crippen LogP contribution in [0.3, 0.4) is 0 Å². The van der Waals surface area contributed by atoms with Crippen molar-refractivity contribution in [2.24, 2.45) is 5.73 Å². The van der Waals surface area contributed by atoms with E-state index in [0.717, 1.165) is 37.1 Å². The van der Waals surface area contributed by atoms with Gasteiger partial charge in [-0.3, -0.25) is 4.79 Å². The van der Waals surface area contributed by atoms with Gasteiger partial charge in [0.1, 0.15) is 0 Å². The van der Waals surface area contributed by atoms with E-state index in [2.05, 4.69) is 4.98 Å². The molecule has 1 amide bonds. The molecule has 1 aromatic carbocycles. The summed E-state index contributed by atoms with van der Waals surface area (Å²) in [5, 5.41) is 0. The maximum Gasteiger partial charge on any atom is 0.254 e. The summed E-state index contributed by atoms with van der Waals surface area (Å²) in [7, 11) is 0. The second-order valence-electron chi connectivity index (χ2n) is 5.46. The molecule has 0 aliphatic carbocycles. The molecule has 21 heavy (non-hydrogen) atoms. The van der Waals surface area contributed by atoms with E-state index in [9.17, 15) is 4.79 Å². The Hall–Kier alpha value is -2.14. The molecule has 1 aromatic heterocycles. The molecule has 0 bridgehead atoms. The van der Waals surface area contributed by atoms with Gasteiger partial charge in [0.2, 0.25) is 0 Å². The van der Waals surface area contributed by atoms with Crippen LogP contribution in [0.25, 0.3) is 0 Å². The Bertz CT molecular complexity index is 591. The van der Waals surface area contributed by atoms with Crippen LogP contribution < -0.4 is 5.73 Å². The Kier molecular flexibility index (Phi) is 4.01. The zero-order chi connectivity index (χ0) is 14.7. The second-order valence-corrected chi connectivity index (χ2v) is 5.46. The summed E-state index contributed by atoms with van der Waals surface area (Å²) in [6.07, 6.45) is 7.62. The SMILES string of the molecule is NCc1ccc(C(=O)N2CCCC2Cn2ccnc2)cc1. The molecule has 110 valence electrons. The van der Waals surface area contributed by atoms with E-state index >= 15 is 0 Å². The fraction of sp³-hybridized carbons (Fsp3) is 0.375. The molecule has 5 heteroatoms. The fourth-order valence-corrected chi connectivity index (χ4v) is 2.88. The van der Waals surface area contributed by atoms with Gasteiger partial charge in [-0.1, -0.05) is 12.1 Å². The van der Waals surface area contributed by atoms with E-state index in [0.29, 0.717) is 6.54 Å². The number of nitrogens with zero attached hydrogens (tertiary/aromatic N) is 3. The van der Waals surface area contributed by atoms with Crippen LogP contribution in [0.4, 0.5) is 0 Å². The van der Waals surface area contributed by atoms with Gasteiger partial charge in [-0.2, -0.15) is 0 Å². The van der Waals surface area contributed by atoms with E-state index in [1.165, 1.54) is 0 Å². The fourth-order valence-electron chi connectivity index (χ4n) is 2.88. The molecule has 2 heterocycles. The highest BCUT2D eigenvalue weighted by atomic mass is 16.2. The molecule has 0 radical (unpaired) electrons. The molecule has 1 atom stereocenters. The average molecular weight is 284 g/mol. The van der Waals surface area contributed by atoms with Crippen molar-refractivity contribution in [1.29, 1.82) is 0 Å². The van der Waals surface area contributed by atoms with E-state index < -0.39 is 0 Å². The first-order valence-electron chi connectivity index (χ1n) is 7.33. The lowest BCUT2D eigenvalue weighted by atomic mass is 10.1. The van der Waals surface area contributed by atoms with Crippen molar-refractivity contribution in [3.05, 3.63) is 54.1 Å².